The first-order valence-electron chi connectivity index (χ1n) is 11.1. The third-order valence-corrected chi connectivity index (χ3v) is 6.77. The summed E-state index contributed by atoms with van der Waals surface area (Å²) in [6.45, 7) is 8.74. The van der Waals surface area contributed by atoms with E-state index in [9.17, 15) is 14.9 Å². The summed E-state index contributed by atoms with van der Waals surface area (Å²) in [4.78, 5) is 24.0. The lowest BCUT2D eigenvalue weighted by Gasteiger charge is -2.22. The summed E-state index contributed by atoms with van der Waals surface area (Å²) in [5.74, 6) is 0.718. The van der Waals surface area contributed by atoms with E-state index in [0.29, 0.717) is 29.0 Å². The molecule has 1 aromatic rings. The number of nitro benzene ring substituents is 1. The van der Waals surface area contributed by atoms with E-state index in [-0.39, 0.29) is 43.8 Å². The maximum Gasteiger partial charge on any atom is 0.509 e. The van der Waals surface area contributed by atoms with Gasteiger partial charge in [0.05, 0.1) is 47.9 Å². The van der Waals surface area contributed by atoms with E-state index in [1.54, 1.807) is 20.5 Å². The van der Waals surface area contributed by atoms with Crippen LogP contribution in [0.15, 0.2) is 0 Å². The highest BCUT2D eigenvalue weighted by atomic mass is 31.2. The number of nitriles is 1. The Balaban J connectivity index is 1.65. The lowest BCUT2D eigenvalue weighted by Crippen LogP contribution is -2.31. The number of hydrogen-bond donors (Lipinski definition) is 0. The molecule has 192 valence electrons. The number of carbonyl (C=O) groups is 1. The molecule has 3 rings (SSSR count). The van der Waals surface area contributed by atoms with Gasteiger partial charge in [0.25, 0.3) is 5.69 Å². The van der Waals surface area contributed by atoms with E-state index in [2.05, 4.69) is 0 Å². The van der Waals surface area contributed by atoms with Gasteiger partial charge in [-0.2, -0.15) is 5.26 Å². The average molecular weight is 512 g/mol. The largest absolute Gasteiger partial charge is 0.509 e. The Morgan fingerprint density at radius 1 is 1.29 bits per heavy atom. The van der Waals surface area contributed by atoms with Crippen molar-refractivity contribution in [2.45, 2.75) is 65.0 Å². The van der Waals surface area contributed by atoms with E-state index < -0.39 is 37.8 Å². The quantitative estimate of drug-likeness (QED) is 0.142. The predicted molar refractivity (Wildman–Crippen MR) is 122 cm³/mol. The highest BCUT2D eigenvalue weighted by Crippen LogP contribution is 2.48. The van der Waals surface area contributed by atoms with E-state index >= 15 is 0 Å². The standard InChI is InChI=1S/C22H29N2O10P/c1-12-9-16(17(32-12)10-31-35(5)30-8-6-7-23)34-22(25)33-15(4)18-13(2)20-21(29-11-28-20)14(3)19(18)24(26)27/h12,15-17H,6,8-11H2,1-5H3/t12-,15?,16?,17+,35?/m0/s1. The first-order valence-corrected chi connectivity index (χ1v) is 12.7. The number of nitro groups is 1. The molecule has 0 N–H and O–H groups in total. The van der Waals surface area contributed by atoms with Gasteiger partial charge in [0, 0.05) is 18.6 Å². The molecule has 1 fully saturated rings. The molecule has 0 bridgehead atoms. The van der Waals surface area contributed by atoms with Crippen molar-refractivity contribution in [1.82, 2.24) is 0 Å². The van der Waals surface area contributed by atoms with Crippen molar-refractivity contribution in [3.05, 3.63) is 26.8 Å². The van der Waals surface area contributed by atoms with Gasteiger partial charge in [-0.3, -0.25) is 10.1 Å². The molecule has 35 heavy (non-hydrogen) atoms. The van der Waals surface area contributed by atoms with E-state index in [4.69, 9.17) is 38.0 Å². The third kappa shape index (κ3) is 6.30. The number of carbonyl (C=O) groups excluding carboxylic acids is 1. The maximum atomic E-state index is 12.6. The highest BCUT2D eigenvalue weighted by Gasteiger charge is 2.39. The molecule has 12 nitrogen and oxygen atoms in total. The summed E-state index contributed by atoms with van der Waals surface area (Å²) < 4.78 is 38.7. The SMILES string of the molecule is Cc1c2c(c(C)c([N+](=O)[O-])c1C(C)OC(=O)OC1C[C@H](C)O[C@@H]1COP(C)OCCC#N)OCO2. The zero-order valence-electron chi connectivity index (χ0n) is 20.3. The van der Waals surface area contributed by atoms with E-state index in [1.165, 1.54) is 6.92 Å². The number of ether oxygens (including phenoxy) is 5. The molecule has 13 heteroatoms. The first kappa shape index (κ1) is 26.9. The molecule has 2 aliphatic rings. The molecule has 0 amide bonds. The van der Waals surface area contributed by atoms with Gasteiger partial charge in [0.1, 0.15) is 18.3 Å². The molecule has 1 saturated heterocycles. The lowest BCUT2D eigenvalue weighted by molar-refractivity contribution is -0.386. The normalized spacial score (nSPS) is 22.3. The van der Waals surface area contributed by atoms with Crippen LogP contribution in [0.2, 0.25) is 0 Å². The second-order valence-corrected chi connectivity index (χ2v) is 9.59. The van der Waals surface area contributed by atoms with Crippen molar-refractivity contribution in [3.8, 4) is 17.6 Å². The highest BCUT2D eigenvalue weighted by molar-refractivity contribution is 7.46. The molecule has 0 spiro atoms. The minimum atomic E-state index is -1.21. The van der Waals surface area contributed by atoms with Gasteiger partial charge in [-0.25, -0.2) is 4.79 Å². The Bertz CT molecular complexity index is 998. The molecular formula is C22H29N2O10P. The molecule has 2 heterocycles. The van der Waals surface area contributed by atoms with Crippen molar-refractivity contribution in [2.75, 3.05) is 26.7 Å². The minimum Gasteiger partial charge on any atom is -0.453 e. The van der Waals surface area contributed by atoms with Crippen LogP contribution >= 0.6 is 8.38 Å². The van der Waals surface area contributed by atoms with Crippen LogP contribution in [0, 0.1) is 35.3 Å². The first-order chi connectivity index (χ1) is 16.6. The maximum absolute atomic E-state index is 12.6. The monoisotopic (exact) mass is 512 g/mol. The second-order valence-electron chi connectivity index (χ2n) is 8.20. The Kier molecular flexibility index (Phi) is 9.08. The van der Waals surface area contributed by atoms with Gasteiger partial charge in [-0.15, -0.1) is 0 Å². The summed E-state index contributed by atoms with van der Waals surface area (Å²) in [6, 6.07) is 1.99. The molecule has 2 aliphatic heterocycles. The van der Waals surface area contributed by atoms with Gasteiger partial charge >= 0.3 is 6.16 Å². The topological polar surface area (TPSA) is 149 Å². The third-order valence-electron chi connectivity index (χ3n) is 5.71. The molecule has 1 aromatic carbocycles. The lowest BCUT2D eigenvalue weighted by atomic mass is 9.96. The Morgan fingerprint density at radius 3 is 2.63 bits per heavy atom. The van der Waals surface area contributed by atoms with Crippen LogP contribution in [0.4, 0.5) is 10.5 Å². The fourth-order valence-corrected chi connectivity index (χ4v) is 4.94. The van der Waals surface area contributed by atoms with Gasteiger partial charge in [0.2, 0.25) is 6.79 Å². The summed E-state index contributed by atoms with van der Waals surface area (Å²) in [5.41, 5.74) is 0.793. The van der Waals surface area contributed by atoms with Crippen LogP contribution in [0.5, 0.6) is 11.5 Å². The molecule has 0 aromatic heterocycles. The van der Waals surface area contributed by atoms with Crippen LogP contribution in [-0.2, 0) is 23.3 Å². The number of benzene rings is 1. The predicted octanol–water partition coefficient (Wildman–Crippen LogP) is 4.59. The molecule has 0 saturated carbocycles. The molecule has 5 atom stereocenters. The van der Waals surface area contributed by atoms with E-state index in [1.807, 2.05) is 13.0 Å². The van der Waals surface area contributed by atoms with Gasteiger partial charge in [-0.1, -0.05) is 0 Å². The number of rotatable bonds is 10. The van der Waals surface area contributed by atoms with Gasteiger partial charge < -0.3 is 32.7 Å². The Labute approximate surface area is 204 Å². The Hall–Kier alpha value is -2.71. The van der Waals surface area contributed by atoms with E-state index in [0.717, 1.165) is 0 Å². The number of fused-ring (bicyclic) bond motifs is 1. The van der Waals surface area contributed by atoms with Crippen molar-refractivity contribution in [2.24, 2.45) is 0 Å². The smallest absolute Gasteiger partial charge is 0.453 e. The van der Waals surface area contributed by atoms with Crippen molar-refractivity contribution < 1.29 is 42.4 Å². The number of hydrogen-bond acceptors (Lipinski definition) is 11. The van der Waals surface area contributed by atoms with Crippen molar-refractivity contribution >= 4 is 20.2 Å². The fourth-order valence-electron chi connectivity index (χ4n) is 4.16. The molecule has 0 radical (unpaired) electrons. The van der Waals surface area contributed by atoms with Crippen molar-refractivity contribution in [1.29, 1.82) is 5.26 Å². The molecule has 3 unspecified atom stereocenters. The minimum absolute atomic E-state index is 0.0401. The zero-order valence-corrected chi connectivity index (χ0v) is 21.2. The van der Waals surface area contributed by atoms with Gasteiger partial charge in [0.15, 0.2) is 19.9 Å². The molecule has 0 aliphatic carbocycles. The van der Waals surface area contributed by atoms with Crippen LogP contribution in [0.3, 0.4) is 0 Å². The summed E-state index contributed by atoms with van der Waals surface area (Å²) in [6.07, 6.45) is -2.56. The van der Waals surface area contributed by atoms with Crippen LogP contribution in [0.1, 0.15) is 49.5 Å². The Morgan fingerprint density at radius 2 is 1.97 bits per heavy atom. The van der Waals surface area contributed by atoms with Crippen molar-refractivity contribution in [3.63, 3.8) is 0 Å². The average Bonchev–Trinajstić information content (AvgIpc) is 3.41. The zero-order chi connectivity index (χ0) is 25.7. The fraction of sp³-hybridized carbons (Fsp3) is 0.636. The number of nitrogens with zero attached hydrogens (tertiary/aromatic N) is 2. The summed E-state index contributed by atoms with van der Waals surface area (Å²) in [7, 11) is -1.21. The van der Waals surface area contributed by atoms with Crippen LogP contribution in [-0.4, -0.2) is 56.1 Å². The van der Waals surface area contributed by atoms with Gasteiger partial charge in [-0.05, 0) is 27.7 Å². The summed E-state index contributed by atoms with van der Waals surface area (Å²) >= 11 is 0. The van der Waals surface area contributed by atoms with Crippen LogP contribution in [0.25, 0.3) is 0 Å². The summed E-state index contributed by atoms with van der Waals surface area (Å²) in [5, 5.41) is 20.4. The van der Waals surface area contributed by atoms with Crippen LogP contribution < -0.4 is 9.47 Å². The molecular weight excluding hydrogens is 483 g/mol. The second kappa shape index (κ2) is 11.8.